The Kier molecular flexibility index (Phi) is 4.82. The van der Waals surface area contributed by atoms with E-state index in [1.807, 2.05) is 0 Å². The summed E-state index contributed by atoms with van der Waals surface area (Å²) in [7, 11) is 0. The molecule has 1 aromatic rings. The molecular formula is C14H24BrN3. The third-order valence-corrected chi connectivity index (χ3v) is 5.15. The summed E-state index contributed by atoms with van der Waals surface area (Å²) in [4.78, 5) is 4.49. The number of halogens is 1. The highest BCUT2D eigenvalue weighted by Gasteiger charge is 2.32. The van der Waals surface area contributed by atoms with E-state index in [9.17, 15) is 0 Å². The van der Waals surface area contributed by atoms with Crippen LogP contribution >= 0.6 is 15.9 Å². The molecule has 2 rings (SSSR count). The van der Waals surface area contributed by atoms with Crippen molar-refractivity contribution in [2.24, 2.45) is 11.3 Å². The van der Waals surface area contributed by atoms with Crippen molar-refractivity contribution >= 4 is 15.9 Å². The Morgan fingerprint density at radius 1 is 1.33 bits per heavy atom. The lowest BCUT2D eigenvalue weighted by atomic mass is 9.73. The van der Waals surface area contributed by atoms with Crippen LogP contribution in [0.25, 0.3) is 0 Å². The first-order chi connectivity index (χ1) is 8.65. The lowest BCUT2D eigenvalue weighted by Gasteiger charge is -2.35. The second-order valence-corrected chi connectivity index (χ2v) is 6.68. The first kappa shape index (κ1) is 14.0. The average molecular weight is 314 g/mol. The Morgan fingerprint density at radius 3 is 2.67 bits per heavy atom. The minimum Gasteiger partial charge on any atom is -0.250 e. The third-order valence-electron chi connectivity index (χ3n) is 3.96. The predicted molar refractivity (Wildman–Crippen MR) is 77.9 cm³/mol. The second kappa shape index (κ2) is 6.18. The summed E-state index contributed by atoms with van der Waals surface area (Å²) < 4.78 is 2.10. The lowest BCUT2D eigenvalue weighted by Crippen LogP contribution is -2.30. The van der Waals surface area contributed by atoms with Crippen LogP contribution in [0.3, 0.4) is 0 Å². The quantitative estimate of drug-likeness (QED) is 0.774. The second-order valence-electron chi connectivity index (χ2n) is 6.12. The Labute approximate surface area is 118 Å². The summed E-state index contributed by atoms with van der Waals surface area (Å²) in [5.74, 6) is 1.79. The average Bonchev–Trinajstić information content (AvgIpc) is 2.77. The molecule has 0 amide bonds. The van der Waals surface area contributed by atoms with Gasteiger partial charge in [0, 0.05) is 18.3 Å². The van der Waals surface area contributed by atoms with Crippen LogP contribution in [0.1, 0.15) is 51.8 Å². The van der Waals surface area contributed by atoms with Crippen molar-refractivity contribution in [3.63, 3.8) is 0 Å². The molecule has 102 valence electrons. The van der Waals surface area contributed by atoms with Crippen LogP contribution in [0, 0.1) is 11.3 Å². The van der Waals surface area contributed by atoms with Crippen LogP contribution in [-0.4, -0.2) is 20.1 Å². The molecule has 0 radical (unpaired) electrons. The Hall–Kier alpha value is -0.380. The maximum absolute atomic E-state index is 4.49. The molecule has 0 atom stereocenters. The van der Waals surface area contributed by atoms with E-state index in [4.69, 9.17) is 0 Å². The molecule has 0 spiro atoms. The molecule has 0 saturated heterocycles. The fourth-order valence-electron chi connectivity index (χ4n) is 2.92. The van der Waals surface area contributed by atoms with Crippen LogP contribution in [0.15, 0.2) is 6.33 Å². The molecule has 4 heteroatoms. The van der Waals surface area contributed by atoms with Gasteiger partial charge in [0.15, 0.2) is 0 Å². The van der Waals surface area contributed by atoms with Crippen molar-refractivity contribution in [2.75, 3.05) is 5.33 Å². The molecule has 18 heavy (non-hydrogen) atoms. The highest BCUT2D eigenvalue weighted by Crippen LogP contribution is 2.40. The van der Waals surface area contributed by atoms with Gasteiger partial charge >= 0.3 is 0 Å². The van der Waals surface area contributed by atoms with Gasteiger partial charge in [-0.25, -0.2) is 9.67 Å². The number of aromatic nitrogens is 3. The summed E-state index contributed by atoms with van der Waals surface area (Å²) >= 11 is 3.73. The summed E-state index contributed by atoms with van der Waals surface area (Å²) in [5.41, 5.74) is 0.417. The Morgan fingerprint density at radius 2 is 2.06 bits per heavy atom. The molecule has 1 saturated carbocycles. The number of hydrogen-bond donors (Lipinski definition) is 0. The molecule has 1 fully saturated rings. The summed E-state index contributed by atoms with van der Waals surface area (Å²) in [5, 5.41) is 5.47. The molecule has 1 aromatic heterocycles. The van der Waals surface area contributed by atoms with E-state index in [2.05, 4.69) is 44.5 Å². The van der Waals surface area contributed by atoms with Crippen molar-refractivity contribution in [1.82, 2.24) is 14.8 Å². The fraction of sp³-hybridized carbons (Fsp3) is 0.857. The van der Waals surface area contributed by atoms with Gasteiger partial charge in [-0.15, -0.1) is 0 Å². The summed E-state index contributed by atoms with van der Waals surface area (Å²) in [6.07, 6.45) is 9.56. The molecule has 1 aliphatic carbocycles. The third kappa shape index (κ3) is 3.34. The normalized spacial score (nSPS) is 19.3. The zero-order valence-corrected chi connectivity index (χ0v) is 13.1. The molecule has 3 nitrogen and oxygen atoms in total. The molecule has 0 N–H and O–H groups in total. The first-order valence-corrected chi connectivity index (χ1v) is 8.20. The minimum atomic E-state index is 0.417. The molecule has 0 bridgehead atoms. The van der Waals surface area contributed by atoms with Gasteiger partial charge in [-0.1, -0.05) is 49.0 Å². The van der Waals surface area contributed by atoms with E-state index >= 15 is 0 Å². The van der Waals surface area contributed by atoms with Crippen molar-refractivity contribution in [3.8, 4) is 0 Å². The monoisotopic (exact) mass is 313 g/mol. The largest absolute Gasteiger partial charge is 0.250 e. The predicted octanol–water partition coefficient (Wildman–Crippen LogP) is 3.82. The zero-order chi connectivity index (χ0) is 13.0. The van der Waals surface area contributed by atoms with Gasteiger partial charge in [0.1, 0.15) is 12.2 Å². The first-order valence-electron chi connectivity index (χ1n) is 7.08. The maximum atomic E-state index is 4.49. The molecular weight excluding hydrogens is 290 g/mol. The van der Waals surface area contributed by atoms with E-state index in [1.54, 1.807) is 6.33 Å². The standard InChI is InChI=1S/C14H24BrN3/c1-12(2)9-18-13(16-11-17-18)8-14(10-15)6-4-3-5-7-14/h11-12H,3-10H2,1-2H3. The van der Waals surface area contributed by atoms with Crippen LogP contribution in [-0.2, 0) is 13.0 Å². The highest BCUT2D eigenvalue weighted by atomic mass is 79.9. The summed E-state index contributed by atoms with van der Waals surface area (Å²) in [6.45, 7) is 5.44. The molecule has 1 aliphatic rings. The highest BCUT2D eigenvalue weighted by molar-refractivity contribution is 9.09. The van der Waals surface area contributed by atoms with Gasteiger partial charge in [0.25, 0.3) is 0 Å². The van der Waals surface area contributed by atoms with Crippen LogP contribution in [0.4, 0.5) is 0 Å². The minimum absolute atomic E-state index is 0.417. The van der Waals surface area contributed by atoms with Gasteiger partial charge in [0.2, 0.25) is 0 Å². The van der Waals surface area contributed by atoms with E-state index in [1.165, 1.54) is 37.9 Å². The van der Waals surface area contributed by atoms with Crippen molar-refractivity contribution in [3.05, 3.63) is 12.2 Å². The molecule has 0 aliphatic heterocycles. The van der Waals surface area contributed by atoms with Gasteiger partial charge < -0.3 is 0 Å². The summed E-state index contributed by atoms with van der Waals surface area (Å²) in [6, 6.07) is 0. The Bertz CT molecular complexity index is 367. The van der Waals surface area contributed by atoms with Gasteiger partial charge in [0.05, 0.1) is 0 Å². The Balaban J connectivity index is 2.09. The number of hydrogen-bond acceptors (Lipinski definition) is 2. The fourth-order valence-corrected chi connectivity index (χ4v) is 3.68. The van der Waals surface area contributed by atoms with Gasteiger partial charge in [-0.05, 0) is 24.2 Å². The van der Waals surface area contributed by atoms with E-state index < -0.39 is 0 Å². The number of nitrogens with zero attached hydrogens (tertiary/aromatic N) is 3. The number of rotatable bonds is 5. The SMILES string of the molecule is CC(C)Cn1ncnc1CC1(CBr)CCCCC1. The van der Waals surface area contributed by atoms with Crippen LogP contribution in [0.2, 0.25) is 0 Å². The molecule has 0 unspecified atom stereocenters. The topological polar surface area (TPSA) is 30.7 Å². The molecule has 1 heterocycles. The van der Waals surface area contributed by atoms with E-state index in [-0.39, 0.29) is 0 Å². The number of alkyl halides is 1. The maximum Gasteiger partial charge on any atom is 0.138 e. The van der Waals surface area contributed by atoms with Crippen molar-refractivity contribution in [2.45, 2.75) is 58.9 Å². The van der Waals surface area contributed by atoms with E-state index in [0.29, 0.717) is 11.3 Å². The van der Waals surface area contributed by atoms with Gasteiger partial charge in [-0.2, -0.15) is 5.10 Å². The van der Waals surface area contributed by atoms with Gasteiger partial charge in [-0.3, -0.25) is 0 Å². The van der Waals surface area contributed by atoms with Crippen LogP contribution in [0.5, 0.6) is 0 Å². The van der Waals surface area contributed by atoms with Crippen LogP contribution < -0.4 is 0 Å². The van der Waals surface area contributed by atoms with Crippen molar-refractivity contribution < 1.29 is 0 Å². The zero-order valence-electron chi connectivity index (χ0n) is 11.5. The smallest absolute Gasteiger partial charge is 0.138 e. The lowest BCUT2D eigenvalue weighted by molar-refractivity contribution is 0.215. The van der Waals surface area contributed by atoms with Crippen molar-refractivity contribution in [1.29, 1.82) is 0 Å². The molecule has 0 aromatic carbocycles. The van der Waals surface area contributed by atoms with E-state index in [0.717, 1.165) is 18.3 Å².